The first-order chi connectivity index (χ1) is 27.9. The maximum Gasteiger partial charge on any atom is 0.137 e. The van der Waals surface area contributed by atoms with Crippen LogP contribution in [0.4, 0.5) is 34.3 Å². The standard InChI is InChI=1S/C54H41N3/c1-34-31-47(56(36-17-7-5-8-18-36)38-26-27-40-39-21-13-14-24-45(39)54(3,4)46(40)33-38)43-28-29-44-48(57(37-19-9-6-10-20-37)49-25-15-16-30-55-49)32-35(2)51-42-23-12-11-22-41(42)50(34)52(43)53(44)51/h5-33H,1-4H3. The molecule has 1 aliphatic rings. The molecular formula is C54H41N3. The maximum atomic E-state index is 4.91. The fraction of sp³-hybridized carbons (Fsp3) is 0.0926. The monoisotopic (exact) mass is 731 g/mol. The van der Waals surface area contributed by atoms with Crippen molar-refractivity contribution in [2.75, 3.05) is 9.80 Å². The van der Waals surface area contributed by atoms with Crippen LogP contribution in [0.1, 0.15) is 36.1 Å². The molecule has 1 heterocycles. The molecule has 3 heteroatoms. The molecule has 0 atom stereocenters. The summed E-state index contributed by atoms with van der Waals surface area (Å²) in [6.07, 6.45) is 1.88. The van der Waals surface area contributed by atoms with Crippen LogP contribution in [0.3, 0.4) is 0 Å². The number of aryl methyl sites for hydroxylation is 2. The summed E-state index contributed by atoms with van der Waals surface area (Å²) < 4.78 is 0. The van der Waals surface area contributed by atoms with Crippen molar-refractivity contribution in [1.82, 2.24) is 4.98 Å². The van der Waals surface area contributed by atoms with Crippen molar-refractivity contribution >= 4 is 77.3 Å². The minimum absolute atomic E-state index is 0.117. The maximum absolute atomic E-state index is 4.91. The molecule has 1 aromatic heterocycles. The molecule has 0 saturated carbocycles. The number of hydrogen-bond acceptors (Lipinski definition) is 3. The number of hydrogen-bond donors (Lipinski definition) is 0. The second kappa shape index (κ2) is 12.5. The zero-order valence-electron chi connectivity index (χ0n) is 32.6. The van der Waals surface area contributed by atoms with E-state index in [1.165, 1.54) is 82.2 Å². The number of para-hydroxylation sites is 2. The fourth-order valence-corrected chi connectivity index (χ4v) is 9.93. The number of fused-ring (bicyclic) bond motifs is 6. The minimum Gasteiger partial charge on any atom is -0.310 e. The SMILES string of the molecule is Cc1cc(N(c2ccccc2)c2ccc3c(c2)C(C)(C)c2ccccc2-3)c2ccc3c(N(c4ccccc4)c4ccccn4)cc(C)c4c5ccccc5c1c2c34. The van der Waals surface area contributed by atoms with E-state index in [9.17, 15) is 0 Å². The van der Waals surface area contributed by atoms with E-state index in [0.717, 1.165) is 28.6 Å². The molecule has 0 radical (unpaired) electrons. The third kappa shape index (κ3) is 4.88. The second-order valence-corrected chi connectivity index (χ2v) is 16.1. The highest BCUT2D eigenvalue weighted by Gasteiger charge is 2.36. The van der Waals surface area contributed by atoms with Gasteiger partial charge in [0, 0.05) is 50.2 Å². The molecule has 0 aliphatic heterocycles. The number of nitrogens with zero attached hydrogens (tertiary/aromatic N) is 3. The van der Waals surface area contributed by atoms with Gasteiger partial charge in [0.05, 0.1) is 11.4 Å². The summed E-state index contributed by atoms with van der Waals surface area (Å²) in [7, 11) is 0. The van der Waals surface area contributed by atoms with Crippen molar-refractivity contribution in [3.05, 3.63) is 198 Å². The molecular weight excluding hydrogens is 691 g/mol. The van der Waals surface area contributed by atoms with Crippen molar-refractivity contribution < 1.29 is 0 Å². The highest BCUT2D eigenvalue weighted by Crippen LogP contribution is 2.54. The van der Waals surface area contributed by atoms with Gasteiger partial charge in [-0.1, -0.05) is 123 Å². The van der Waals surface area contributed by atoms with Gasteiger partial charge in [-0.2, -0.15) is 0 Å². The van der Waals surface area contributed by atoms with Crippen LogP contribution in [0.5, 0.6) is 0 Å². The molecule has 0 N–H and O–H groups in total. The lowest BCUT2D eigenvalue weighted by atomic mass is 9.82. The Hall–Kier alpha value is -6.97. The van der Waals surface area contributed by atoms with Gasteiger partial charge in [-0.3, -0.25) is 4.90 Å². The summed E-state index contributed by atoms with van der Waals surface area (Å²) in [5.41, 5.74) is 13.4. The smallest absolute Gasteiger partial charge is 0.137 e. The molecule has 10 aromatic rings. The molecule has 11 rings (SSSR count). The van der Waals surface area contributed by atoms with Gasteiger partial charge in [-0.15, -0.1) is 0 Å². The van der Waals surface area contributed by atoms with E-state index in [-0.39, 0.29) is 5.41 Å². The largest absolute Gasteiger partial charge is 0.310 e. The summed E-state index contributed by atoms with van der Waals surface area (Å²) in [6, 6.07) is 62.2. The molecule has 9 aromatic carbocycles. The van der Waals surface area contributed by atoms with Crippen molar-refractivity contribution in [1.29, 1.82) is 0 Å². The first kappa shape index (κ1) is 33.4. The summed E-state index contributed by atoms with van der Waals surface area (Å²) in [4.78, 5) is 9.71. The highest BCUT2D eigenvalue weighted by atomic mass is 15.2. The van der Waals surface area contributed by atoms with Gasteiger partial charge in [-0.25, -0.2) is 4.98 Å². The van der Waals surface area contributed by atoms with E-state index in [0.29, 0.717) is 0 Å². The topological polar surface area (TPSA) is 19.4 Å². The van der Waals surface area contributed by atoms with E-state index in [2.05, 4.69) is 201 Å². The van der Waals surface area contributed by atoms with Gasteiger partial charge >= 0.3 is 0 Å². The summed E-state index contributed by atoms with van der Waals surface area (Å²) in [5.74, 6) is 0.886. The number of anilines is 6. The minimum atomic E-state index is -0.117. The summed E-state index contributed by atoms with van der Waals surface area (Å²) in [6.45, 7) is 9.30. The van der Waals surface area contributed by atoms with E-state index >= 15 is 0 Å². The van der Waals surface area contributed by atoms with Crippen LogP contribution in [0.2, 0.25) is 0 Å². The molecule has 272 valence electrons. The van der Waals surface area contributed by atoms with Gasteiger partial charge in [0.1, 0.15) is 5.82 Å². The molecule has 0 amide bonds. The lowest BCUT2D eigenvalue weighted by Crippen LogP contribution is -2.16. The number of benzene rings is 9. The molecule has 0 bridgehead atoms. The Labute approximate surface area is 333 Å². The summed E-state index contributed by atoms with van der Waals surface area (Å²) >= 11 is 0. The van der Waals surface area contributed by atoms with Crippen molar-refractivity contribution in [2.24, 2.45) is 0 Å². The first-order valence-corrected chi connectivity index (χ1v) is 19.9. The van der Waals surface area contributed by atoms with Crippen LogP contribution in [0.25, 0.3) is 54.2 Å². The van der Waals surface area contributed by atoms with Gasteiger partial charge in [0.2, 0.25) is 0 Å². The molecule has 0 fully saturated rings. The van der Waals surface area contributed by atoms with E-state index < -0.39 is 0 Å². The Morgan fingerprint density at radius 3 is 1.54 bits per heavy atom. The number of aromatic nitrogens is 1. The number of pyridine rings is 1. The second-order valence-electron chi connectivity index (χ2n) is 16.1. The van der Waals surface area contributed by atoms with Gasteiger partial charge < -0.3 is 4.90 Å². The van der Waals surface area contributed by atoms with Crippen LogP contribution < -0.4 is 9.80 Å². The number of rotatable bonds is 6. The Balaban J connectivity index is 1.24. The molecule has 57 heavy (non-hydrogen) atoms. The van der Waals surface area contributed by atoms with Gasteiger partial charge in [-0.05, 0) is 129 Å². The predicted molar refractivity (Wildman–Crippen MR) is 242 cm³/mol. The zero-order valence-corrected chi connectivity index (χ0v) is 32.6. The lowest BCUT2D eigenvalue weighted by molar-refractivity contribution is 0.660. The third-order valence-electron chi connectivity index (χ3n) is 12.4. The van der Waals surface area contributed by atoms with Crippen LogP contribution >= 0.6 is 0 Å². The zero-order chi connectivity index (χ0) is 38.4. The van der Waals surface area contributed by atoms with Crippen LogP contribution in [-0.4, -0.2) is 4.98 Å². The van der Waals surface area contributed by atoms with Crippen molar-refractivity contribution in [3.63, 3.8) is 0 Å². The van der Waals surface area contributed by atoms with Crippen molar-refractivity contribution in [3.8, 4) is 11.1 Å². The summed E-state index contributed by atoms with van der Waals surface area (Å²) in [5, 5.41) is 10.2. The Bertz CT molecular complexity index is 3130. The van der Waals surface area contributed by atoms with Crippen molar-refractivity contribution in [2.45, 2.75) is 33.1 Å². The Kier molecular flexibility index (Phi) is 7.33. The normalized spacial score (nSPS) is 13.1. The molecule has 1 aliphatic carbocycles. The van der Waals surface area contributed by atoms with E-state index in [4.69, 9.17) is 4.98 Å². The Morgan fingerprint density at radius 1 is 0.404 bits per heavy atom. The average Bonchev–Trinajstić information content (AvgIpc) is 3.48. The quantitative estimate of drug-likeness (QED) is 0.125. The molecule has 0 spiro atoms. The molecule has 0 unspecified atom stereocenters. The van der Waals surface area contributed by atoms with Crippen LogP contribution in [-0.2, 0) is 5.41 Å². The van der Waals surface area contributed by atoms with Crippen LogP contribution in [0, 0.1) is 13.8 Å². The van der Waals surface area contributed by atoms with Crippen LogP contribution in [0.15, 0.2) is 176 Å². The lowest BCUT2D eigenvalue weighted by Gasteiger charge is -2.31. The average molecular weight is 732 g/mol. The van der Waals surface area contributed by atoms with Gasteiger partial charge in [0.25, 0.3) is 0 Å². The fourth-order valence-electron chi connectivity index (χ4n) is 9.93. The van der Waals surface area contributed by atoms with E-state index in [1.54, 1.807) is 0 Å². The van der Waals surface area contributed by atoms with Gasteiger partial charge in [0.15, 0.2) is 0 Å². The first-order valence-electron chi connectivity index (χ1n) is 19.9. The molecule has 0 saturated heterocycles. The highest BCUT2D eigenvalue weighted by molar-refractivity contribution is 6.37. The predicted octanol–water partition coefficient (Wildman–Crippen LogP) is 15.0. The van der Waals surface area contributed by atoms with E-state index in [1.807, 2.05) is 12.3 Å². The molecule has 3 nitrogen and oxygen atoms in total. The third-order valence-corrected chi connectivity index (χ3v) is 12.4. The Morgan fingerprint density at radius 2 is 0.930 bits per heavy atom.